The number of hydrogen-bond donors (Lipinski definition) is 2. The van der Waals surface area contributed by atoms with Crippen LogP contribution in [0.15, 0.2) is 53.4 Å². The minimum atomic E-state index is -4.14. The highest BCUT2D eigenvalue weighted by Crippen LogP contribution is 2.35. The molecular weight excluding hydrogens is 566 g/mol. The molecule has 43 heavy (non-hydrogen) atoms. The summed E-state index contributed by atoms with van der Waals surface area (Å²) in [5.74, 6) is -0.312. The molecule has 2 aromatic carbocycles. The van der Waals surface area contributed by atoms with Gasteiger partial charge in [-0.25, -0.2) is 18.1 Å². The number of amides is 2. The first-order chi connectivity index (χ1) is 20.2. The van der Waals surface area contributed by atoms with Gasteiger partial charge in [0.1, 0.15) is 6.61 Å². The molecule has 0 saturated heterocycles. The van der Waals surface area contributed by atoms with Gasteiger partial charge in [-0.15, -0.1) is 0 Å². The van der Waals surface area contributed by atoms with E-state index in [9.17, 15) is 18.0 Å². The number of fused-ring (bicyclic) bond motifs is 4. The SMILES string of the molecule is CC(=O)N[C@H]1C[C@@H](N2C(=O)c3cccc(c3)S(=O)(=O)Nc3nc(cc(-c4c(C)cccc4C)n3)OC[C@H]2CC(C)(C)C)C1. The van der Waals surface area contributed by atoms with E-state index < -0.39 is 10.0 Å². The van der Waals surface area contributed by atoms with Crippen molar-refractivity contribution in [2.24, 2.45) is 5.41 Å². The topological polar surface area (TPSA) is 131 Å². The van der Waals surface area contributed by atoms with Crippen molar-refractivity contribution in [3.63, 3.8) is 0 Å². The van der Waals surface area contributed by atoms with Crippen LogP contribution in [0, 0.1) is 19.3 Å². The zero-order valence-electron chi connectivity index (χ0n) is 25.5. The highest BCUT2D eigenvalue weighted by atomic mass is 32.2. The van der Waals surface area contributed by atoms with Gasteiger partial charge >= 0.3 is 0 Å². The van der Waals surface area contributed by atoms with E-state index in [4.69, 9.17) is 4.74 Å². The molecule has 2 amide bonds. The first-order valence-electron chi connectivity index (χ1n) is 14.5. The molecule has 1 saturated carbocycles. The predicted octanol–water partition coefficient (Wildman–Crippen LogP) is 4.87. The summed E-state index contributed by atoms with van der Waals surface area (Å²) in [6.45, 7) is 11.9. The second kappa shape index (κ2) is 11.6. The van der Waals surface area contributed by atoms with Crippen LogP contribution in [-0.4, -0.2) is 59.8 Å². The van der Waals surface area contributed by atoms with E-state index in [2.05, 4.69) is 40.8 Å². The van der Waals surface area contributed by atoms with Crippen LogP contribution in [0.3, 0.4) is 0 Å². The van der Waals surface area contributed by atoms with Crippen molar-refractivity contribution in [1.82, 2.24) is 20.2 Å². The van der Waals surface area contributed by atoms with Crippen LogP contribution < -0.4 is 14.8 Å². The number of benzene rings is 2. The maximum atomic E-state index is 14.2. The van der Waals surface area contributed by atoms with Gasteiger partial charge < -0.3 is 15.0 Å². The lowest BCUT2D eigenvalue weighted by Gasteiger charge is -2.47. The molecule has 1 aliphatic carbocycles. The number of carbonyl (C=O) groups is 2. The van der Waals surface area contributed by atoms with Crippen LogP contribution in [0.2, 0.25) is 0 Å². The van der Waals surface area contributed by atoms with Crippen LogP contribution in [0.5, 0.6) is 5.88 Å². The number of sulfonamides is 1. The Kier molecular flexibility index (Phi) is 8.22. The van der Waals surface area contributed by atoms with Crippen LogP contribution in [0.25, 0.3) is 11.3 Å². The molecule has 0 unspecified atom stereocenters. The van der Waals surface area contributed by atoms with E-state index in [-0.39, 0.29) is 64.2 Å². The van der Waals surface area contributed by atoms with E-state index in [1.165, 1.54) is 19.1 Å². The van der Waals surface area contributed by atoms with Gasteiger partial charge in [0.25, 0.3) is 15.9 Å². The first kappa shape index (κ1) is 30.5. The van der Waals surface area contributed by atoms with Crippen molar-refractivity contribution in [1.29, 1.82) is 0 Å². The van der Waals surface area contributed by atoms with Crippen LogP contribution >= 0.6 is 0 Å². The Morgan fingerprint density at radius 2 is 1.74 bits per heavy atom. The Bertz CT molecular complexity index is 1640. The van der Waals surface area contributed by atoms with Crippen LogP contribution in [0.4, 0.5) is 5.95 Å². The molecule has 4 bridgehead atoms. The normalized spacial score (nSPS) is 21.7. The summed E-state index contributed by atoms with van der Waals surface area (Å²) >= 11 is 0. The smallest absolute Gasteiger partial charge is 0.264 e. The molecular formula is C32H39N5O5S. The molecule has 1 fully saturated rings. The number of hydrogen-bond acceptors (Lipinski definition) is 7. The number of aromatic nitrogens is 2. The van der Waals surface area contributed by atoms with Crippen molar-refractivity contribution in [3.05, 3.63) is 65.2 Å². The Morgan fingerprint density at radius 1 is 1.07 bits per heavy atom. The Hall–Kier alpha value is -3.99. The van der Waals surface area contributed by atoms with Crippen LogP contribution in [-0.2, 0) is 14.8 Å². The second-order valence-corrected chi connectivity index (χ2v) is 14.5. The molecule has 2 aliphatic rings. The van der Waals surface area contributed by atoms with Gasteiger partial charge in [-0.3, -0.25) is 9.59 Å². The molecule has 2 heterocycles. The summed E-state index contributed by atoms with van der Waals surface area (Å²) in [6, 6.07) is 13.1. The highest BCUT2D eigenvalue weighted by molar-refractivity contribution is 7.92. The maximum absolute atomic E-state index is 14.2. The monoisotopic (exact) mass is 605 g/mol. The molecule has 3 aromatic rings. The van der Waals surface area contributed by atoms with Crippen molar-refractivity contribution in [2.75, 3.05) is 11.3 Å². The Labute approximate surface area is 253 Å². The first-order valence-corrected chi connectivity index (χ1v) is 16.0. The standard InChI is InChI=1S/C32H39N5O5S/c1-19-9-7-10-20(2)29(19)27-16-28-35-31(34-27)36-43(40,41)26-12-8-11-22(13-26)30(39)37(24-14-23(15-24)33-21(3)38)25(18-42-28)17-32(4,5)6/h7-13,16,23-25H,14-15,17-18H2,1-6H3,(H,33,38)(H,34,35,36)/t23-,24+,25-/m1/s1. The summed E-state index contributed by atoms with van der Waals surface area (Å²) in [7, 11) is -4.14. The van der Waals surface area contributed by atoms with Crippen molar-refractivity contribution < 1.29 is 22.7 Å². The average molecular weight is 606 g/mol. The summed E-state index contributed by atoms with van der Waals surface area (Å²) in [6.07, 6.45) is 1.82. The van der Waals surface area contributed by atoms with E-state index in [0.717, 1.165) is 16.7 Å². The fourth-order valence-corrected chi connectivity index (χ4v) is 6.98. The Morgan fingerprint density at radius 3 is 2.40 bits per heavy atom. The van der Waals surface area contributed by atoms with Gasteiger partial charge in [0.15, 0.2) is 0 Å². The summed E-state index contributed by atoms with van der Waals surface area (Å²) in [5, 5.41) is 2.94. The quantitative estimate of drug-likeness (QED) is 0.434. The lowest BCUT2D eigenvalue weighted by atomic mass is 9.81. The molecule has 228 valence electrons. The predicted molar refractivity (Wildman–Crippen MR) is 164 cm³/mol. The third kappa shape index (κ3) is 6.82. The lowest BCUT2D eigenvalue weighted by molar-refractivity contribution is -0.120. The zero-order valence-corrected chi connectivity index (χ0v) is 26.3. The summed E-state index contributed by atoms with van der Waals surface area (Å²) in [5.41, 5.74) is 3.44. The minimum absolute atomic E-state index is 0.0312. The van der Waals surface area contributed by atoms with Crippen LogP contribution in [0.1, 0.15) is 68.4 Å². The number of aryl methyl sites for hydroxylation is 2. The van der Waals surface area contributed by atoms with E-state index >= 15 is 0 Å². The average Bonchev–Trinajstić information content (AvgIpc) is 2.88. The second-order valence-electron chi connectivity index (χ2n) is 12.8. The minimum Gasteiger partial charge on any atom is -0.475 e. The van der Waals surface area contributed by atoms with Crippen molar-refractivity contribution in [2.45, 2.75) is 83.8 Å². The lowest BCUT2D eigenvalue weighted by Crippen LogP contribution is -2.59. The van der Waals surface area contributed by atoms with Gasteiger partial charge in [0.05, 0.1) is 16.6 Å². The van der Waals surface area contributed by atoms with Gasteiger partial charge in [0.2, 0.25) is 17.7 Å². The van der Waals surface area contributed by atoms with Crippen molar-refractivity contribution in [3.8, 4) is 17.1 Å². The third-order valence-electron chi connectivity index (χ3n) is 7.87. The number of rotatable bonds is 4. The van der Waals surface area contributed by atoms with Gasteiger partial charge in [-0.2, -0.15) is 4.98 Å². The fourth-order valence-electron chi connectivity index (χ4n) is 5.99. The van der Waals surface area contributed by atoms with E-state index in [0.29, 0.717) is 25.0 Å². The molecule has 0 spiro atoms. The summed E-state index contributed by atoms with van der Waals surface area (Å²) in [4.78, 5) is 36.7. The molecule has 1 aliphatic heterocycles. The fraction of sp³-hybridized carbons (Fsp3) is 0.438. The molecule has 11 heteroatoms. The molecule has 10 nitrogen and oxygen atoms in total. The number of nitrogens with zero attached hydrogens (tertiary/aromatic N) is 3. The highest BCUT2D eigenvalue weighted by Gasteiger charge is 2.42. The molecule has 5 rings (SSSR count). The Balaban J connectivity index is 1.64. The van der Waals surface area contributed by atoms with E-state index in [1.54, 1.807) is 18.2 Å². The van der Waals surface area contributed by atoms with Gasteiger partial charge in [-0.1, -0.05) is 45.0 Å². The molecule has 1 aromatic heterocycles. The molecule has 2 N–H and O–H groups in total. The third-order valence-corrected chi connectivity index (χ3v) is 9.20. The zero-order chi connectivity index (χ0) is 31.1. The largest absolute Gasteiger partial charge is 0.475 e. The van der Waals surface area contributed by atoms with Crippen molar-refractivity contribution >= 4 is 27.8 Å². The number of anilines is 1. The van der Waals surface area contributed by atoms with E-state index in [1.807, 2.05) is 36.9 Å². The molecule has 0 radical (unpaired) electrons. The summed E-state index contributed by atoms with van der Waals surface area (Å²) < 4.78 is 35.9. The van der Waals surface area contributed by atoms with Gasteiger partial charge in [-0.05, 0) is 67.9 Å². The maximum Gasteiger partial charge on any atom is 0.264 e. The number of carbonyl (C=O) groups excluding carboxylic acids is 2. The number of ether oxygens (including phenoxy) is 1. The molecule has 1 atom stereocenters. The van der Waals surface area contributed by atoms with Gasteiger partial charge in [0, 0.05) is 36.2 Å². The number of nitrogens with one attached hydrogen (secondary N) is 2.